The van der Waals surface area contributed by atoms with Gasteiger partial charge in [0.1, 0.15) is 11.0 Å². The Kier molecular flexibility index (Phi) is 4.37. The van der Waals surface area contributed by atoms with Gasteiger partial charge in [-0.3, -0.25) is 5.43 Å². The molecule has 0 unspecified atom stereocenters. The van der Waals surface area contributed by atoms with Crippen molar-refractivity contribution in [3.05, 3.63) is 83.1 Å². The van der Waals surface area contributed by atoms with E-state index in [2.05, 4.69) is 20.6 Å². The van der Waals surface area contributed by atoms with Crippen molar-refractivity contribution in [2.24, 2.45) is 5.10 Å². The molecule has 1 N–H and O–H groups in total. The fraction of sp³-hybridized carbons (Fsp3) is 0.0500. The van der Waals surface area contributed by atoms with Crippen LogP contribution in [0.4, 0.5) is 5.82 Å². The van der Waals surface area contributed by atoms with Crippen molar-refractivity contribution in [3.63, 3.8) is 0 Å². The minimum absolute atomic E-state index is 0.519. The van der Waals surface area contributed by atoms with E-state index in [9.17, 15) is 0 Å². The number of halogens is 1. The molecule has 0 saturated carbocycles. The van der Waals surface area contributed by atoms with Gasteiger partial charge in [-0.25, -0.2) is 9.67 Å². The van der Waals surface area contributed by atoms with Crippen LogP contribution in [0.3, 0.4) is 0 Å². The lowest BCUT2D eigenvalue weighted by atomic mass is 10.2. The summed E-state index contributed by atoms with van der Waals surface area (Å²) in [5.74, 6) is 0.671. The average molecular weight is 362 g/mol. The third-order valence-corrected chi connectivity index (χ3v) is 4.38. The van der Waals surface area contributed by atoms with Crippen LogP contribution in [-0.4, -0.2) is 21.0 Å². The van der Waals surface area contributed by atoms with Gasteiger partial charge in [-0.1, -0.05) is 48.0 Å². The van der Waals surface area contributed by atoms with Crippen LogP contribution < -0.4 is 5.43 Å². The van der Waals surface area contributed by atoms with Gasteiger partial charge in [0.15, 0.2) is 0 Å². The number of anilines is 1. The Morgan fingerprint density at radius 1 is 1.00 bits per heavy atom. The second-order valence-electron chi connectivity index (χ2n) is 5.80. The lowest BCUT2D eigenvalue weighted by Gasteiger charge is -2.02. The second kappa shape index (κ2) is 6.98. The van der Waals surface area contributed by atoms with E-state index in [0.29, 0.717) is 11.0 Å². The van der Waals surface area contributed by atoms with E-state index >= 15 is 0 Å². The molecule has 2 aromatic heterocycles. The molecule has 4 rings (SSSR count). The minimum Gasteiger partial charge on any atom is -0.261 e. The SMILES string of the molecule is Cc1nn(-c2ccccc2)c(Cl)c1/C=N\Nc1ccc2ccccc2n1. The number of benzene rings is 2. The summed E-state index contributed by atoms with van der Waals surface area (Å²) in [6, 6.07) is 21.6. The van der Waals surface area contributed by atoms with Gasteiger partial charge in [0.2, 0.25) is 0 Å². The number of pyridine rings is 1. The van der Waals surface area contributed by atoms with Crippen LogP contribution in [0.2, 0.25) is 5.15 Å². The summed E-state index contributed by atoms with van der Waals surface area (Å²) in [7, 11) is 0. The van der Waals surface area contributed by atoms with Crippen molar-refractivity contribution in [2.75, 3.05) is 5.43 Å². The Balaban J connectivity index is 1.57. The molecule has 0 aliphatic heterocycles. The van der Waals surface area contributed by atoms with Crippen LogP contribution in [0.5, 0.6) is 0 Å². The monoisotopic (exact) mass is 361 g/mol. The number of rotatable bonds is 4. The molecular formula is C20H16ClN5. The van der Waals surface area contributed by atoms with E-state index in [0.717, 1.165) is 27.8 Å². The van der Waals surface area contributed by atoms with Gasteiger partial charge in [-0.05, 0) is 37.3 Å². The van der Waals surface area contributed by atoms with Gasteiger partial charge in [0.25, 0.3) is 0 Å². The molecule has 128 valence electrons. The molecule has 2 heterocycles. The smallest absolute Gasteiger partial charge is 0.146 e. The molecule has 0 saturated heterocycles. The molecule has 0 aliphatic rings. The average Bonchev–Trinajstić information content (AvgIpc) is 2.97. The fourth-order valence-electron chi connectivity index (χ4n) is 2.69. The first-order valence-electron chi connectivity index (χ1n) is 8.18. The van der Waals surface area contributed by atoms with Crippen molar-refractivity contribution in [2.45, 2.75) is 6.92 Å². The molecule has 5 nitrogen and oxygen atoms in total. The van der Waals surface area contributed by atoms with Crippen LogP contribution in [-0.2, 0) is 0 Å². The van der Waals surface area contributed by atoms with Gasteiger partial charge in [-0.2, -0.15) is 10.2 Å². The normalized spacial score (nSPS) is 11.3. The van der Waals surface area contributed by atoms with Crippen molar-refractivity contribution >= 4 is 34.5 Å². The zero-order chi connectivity index (χ0) is 17.9. The van der Waals surface area contributed by atoms with E-state index < -0.39 is 0 Å². The molecule has 0 spiro atoms. The molecule has 26 heavy (non-hydrogen) atoms. The third-order valence-electron chi connectivity index (χ3n) is 4.02. The summed E-state index contributed by atoms with van der Waals surface area (Å²) in [4.78, 5) is 4.53. The zero-order valence-corrected chi connectivity index (χ0v) is 14.9. The molecule has 4 aromatic rings. The zero-order valence-electron chi connectivity index (χ0n) is 14.1. The molecule has 0 amide bonds. The molecule has 6 heteroatoms. The van der Waals surface area contributed by atoms with E-state index in [4.69, 9.17) is 11.6 Å². The quantitative estimate of drug-likeness (QED) is 0.418. The lowest BCUT2D eigenvalue weighted by molar-refractivity contribution is 0.863. The molecule has 0 bridgehead atoms. The lowest BCUT2D eigenvalue weighted by Crippen LogP contribution is -1.96. The number of nitrogens with zero attached hydrogens (tertiary/aromatic N) is 4. The topological polar surface area (TPSA) is 55.1 Å². The van der Waals surface area contributed by atoms with Gasteiger partial charge in [0, 0.05) is 5.39 Å². The highest BCUT2D eigenvalue weighted by molar-refractivity contribution is 6.32. The standard InChI is InChI=1S/C20H16ClN5/c1-14-17(20(21)26(25-14)16-8-3-2-4-9-16)13-22-24-19-12-11-15-7-5-6-10-18(15)23-19/h2-13H,1H3,(H,23,24)/b22-13-. The number of hydrogen-bond donors (Lipinski definition) is 1. The second-order valence-corrected chi connectivity index (χ2v) is 6.15. The van der Waals surface area contributed by atoms with Crippen molar-refractivity contribution in [1.29, 1.82) is 0 Å². The number of para-hydroxylation sites is 2. The summed E-state index contributed by atoms with van der Waals surface area (Å²) in [5.41, 5.74) is 6.34. The Labute approximate surface area is 156 Å². The molecule has 0 aliphatic carbocycles. The van der Waals surface area contributed by atoms with Crippen molar-refractivity contribution in [3.8, 4) is 5.69 Å². The largest absolute Gasteiger partial charge is 0.261 e. The van der Waals surface area contributed by atoms with E-state index in [1.54, 1.807) is 10.9 Å². The Morgan fingerprint density at radius 3 is 2.62 bits per heavy atom. The van der Waals surface area contributed by atoms with Crippen molar-refractivity contribution in [1.82, 2.24) is 14.8 Å². The first-order chi connectivity index (χ1) is 12.7. The van der Waals surface area contributed by atoms with E-state index in [-0.39, 0.29) is 0 Å². The van der Waals surface area contributed by atoms with Crippen LogP contribution in [0, 0.1) is 6.92 Å². The summed E-state index contributed by atoms with van der Waals surface area (Å²) < 4.78 is 1.70. The maximum Gasteiger partial charge on any atom is 0.146 e. The summed E-state index contributed by atoms with van der Waals surface area (Å²) in [6.07, 6.45) is 1.67. The Bertz CT molecular complexity index is 1090. The van der Waals surface area contributed by atoms with Crippen LogP contribution in [0.1, 0.15) is 11.3 Å². The molecular weight excluding hydrogens is 346 g/mol. The predicted molar refractivity (Wildman–Crippen MR) is 106 cm³/mol. The third kappa shape index (κ3) is 3.17. The predicted octanol–water partition coefficient (Wildman–Crippen LogP) is 4.83. The number of aromatic nitrogens is 3. The van der Waals surface area contributed by atoms with Gasteiger partial charge < -0.3 is 0 Å². The summed E-state index contributed by atoms with van der Waals surface area (Å²) >= 11 is 6.49. The molecule has 0 atom stereocenters. The van der Waals surface area contributed by atoms with Crippen LogP contribution in [0.25, 0.3) is 16.6 Å². The number of hydrogen-bond acceptors (Lipinski definition) is 4. The maximum absolute atomic E-state index is 6.49. The Hall–Kier alpha value is -3.18. The van der Waals surface area contributed by atoms with Gasteiger partial charge >= 0.3 is 0 Å². The van der Waals surface area contributed by atoms with Crippen LogP contribution in [0.15, 0.2) is 71.8 Å². The number of aryl methyl sites for hydroxylation is 1. The highest BCUT2D eigenvalue weighted by atomic mass is 35.5. The highest BCUT2D eigenvalue weighted by Crippen LogP contribution is 2.22. The summed E-state index contributed by atoms with van der Waals surface area (Å²) in [6.45, 7) is 1.90. The van der Waals surface area contributed by atoms with Crippen molar-refractivity contribution < 1.29 is 0 Å². The fourth-order valence-corrected chi connectivity index (χ4v) is 3.01. The van der Waals surface area contributed by atoms with E-state index in [1.165, 1.54) is 0 Å². The van der Waals surface area contributed by atoms with Crippen LogP contribution >= 0.6 is 11.6 Å². The minimum atomic E-state index is 0.519. The first-order valence-corrected chi connectivity index (χ1v) is 8.55. The number of hydrazone groups is 1. The number of nitrogens with one attached hydrogen (secondary N) is 1. The number of fused-ring (bicyclic) bond motifs is 1. The molecule has 0 radical (unpaired) electrons. The highest BCUT2D eigenvalue weighted by Gasteiger charge is 2.12. The van der Waals surface area contributed by atoms with Gasteiger partial charge in [-0.15, -0.1) is 0 Å². The maximum atomic E-state index is 6.49. The molecule has 2 aromatic carbocycles. The van der Waals surface area contributed by atoms with E-state index in [1.807, 2.05) is 73.7 Å². The van der Waals surface area contributed by atoms with Gasteiger partial charge in [0.05, 0.1) is 28.7 Å². The summed E-state index contributed by atoms with van der Waals surface area (Å²) in [5, 5.41) is 10.4. The first kappa shape index (κ1) is 16.3. The molecule has 0 fully saturated rings. The Morgan fingerprint density at radius 2 is 1.77 bits per heavy atom.